The number of fused-ring (bicyclic) bond motifs is 1. The minimum atomic E-state index is -0.756. The molecule has 156 valence electrons. The SMILES string of the molecule is CCNc1nc(Cl)nc(NC(C)(C)C#N)n1.CN1C(=O)C2NC=NC2N(C)C1=O. The number of likely N-dealkylation sites (N-methyl/N-ethyl adjacent to an activating group) is 2. The number of anilines is 2. The van der Waals surface area contributed by atoms with Crippen molar-refractivity contribution in [2.45, 2.75) is 38.5 Å². The van der Waals surface area contributed by atoms with Crippen molar-refractivity contribution in [1.82, 2.24) is 30.1 Å². The molecule has 2 atom stereocenters. The number of nitrogens with zero attached hydrogens (tertiary/aromatic N) is 7. The van der Waals surface area contributed by atoms with E-state index < -0.39 is 11.6 Å². The van der Waals surface area contributed by atoms with Gasteiger partial charge >= 0.3 is 6.03 Å². The third kappa shape index (κ3) is 5.20. The first kappa shape index (κ1) is 22.1. The van der Waals surface area contributed by atoms with Crippen LogP contribution in [-0.4, -0.2) is 81.4 Å². The molecule has 0 radical (unpaired) electrons. The second-order valence-corrected chi connectivity index (χ2v) is 7.11. The third-order valence-electron chi connectivity index (χ3n) is 4.01. The van der Waals surface area contributed by atoms with Crippen LogP contribution in [0.25, 0.3) is 0 Å². The lowest BCUT2D eigenvalue weighted by Gasteiger charge is -2.36. The van der Waals surface area contributed by atoms with E-state index in [2.05, 4.69) is 42.0 Å². The minimum absolute atomic E-state index is 0.0854. The zero-order chi connectivity index (χ0) is 21.8. The number of nitriles is 1. The molecular formula is C16H23ClN10O2. The summed E-state index contributed by atoms with van der Waals surface area (Å²) in [6.45, 7) is 6.04. The van der Waals surface area contributed by atoms with Gasteiger partial charge in [0.2, 0.25) is 17.2 Å². The predicted molar refractivity (Wildman–Crippen MR) is 107 cm³/mol. The summed E-state index contributed by atoms with van der Waals surface area (Å²) in [4.78, 5) is 41.3. The van der Waals surface area contributed by atoms with Crippen LogP contribution in [0.4, 0.5) is 16.7 Å². The highest BCUT2D eigenvalue weighted by Gasteiger charge is 2.44. The zero-order valence-electron chi connectivity index (χ0n) is 16.8. The number of nitrogens with one attached hydrogen (secondary N) is 3. The van der Waals surface area contributed by atoms with E-state index in [1.165, 1.54) is 18.3 Å². The van der Waals surface area contributed by atoms with Crippen molar-refractivity contribution < 1.29 is 9.59 Å². The monoisotopic (exact) mass is 422 g/mol. The third-order valence-corrected chi connectivity index (χ3v) is 4.18. The van der Waals surface area contributed by atoms with Gasteiger partial charge in [-0.05, 0) is 32.4 Å². The Kier molecular flexibility index (Phi) is 6.76. The molecule has 0 bridgehead atoms. The van der Waals surface area contributed by atoms with Gasteiger partial charge in [-0.15, -0.1) is 0 Å². The Bertz CT molecular complexity index is 853. The van der Waals surface area contributed by atoms with Gasteiger partial charge in [0.1, 0.15) is 11.6 Å². The molecule has 2 unspecified atom stereocenters. The van der Waals surface area contributed by atoms with E-state index in [0.717, 1.165) is 4.90 Å². The van der Waals surface area contributed by atoms with Gasteiger partial charge in [-0.2, -0.15) is 20.2 Å². The number of aromatic nitrogens is 3. The topological polar surface area (TPSA) is 152 Å². The zero-order valence-corrected chi connectivity index (χ0v) is 17.5. The normalized spacial score (nSPS) is 20.3. The van der Waals surface area contributed by atoms with Crippen LogP contribution in [0.2, 0.25) is 5.28 Å². The lowest BCUT2D eigenvalue weighted by molar-refractivity contribution is -0.133. The average molecular weight is 423 g/mol. The number of hydrogen-bond acceptors (Lipinski definition) is 10. The van der Waals surface area contributed by atoms with Crippen LogP contribution in [0.5, 0.6) is 0 Å². The van der Waals surface area contributed by atoms with Crippen LogP contribution in [0, 0.1) is 11.3 Å². The van der Waals surface area contributed by atoms with Gasteiger partial charge in [-0.3, -0.25) is 9.69 Å². The molecule has 0 aromatic carbocycles. The van der Waals surface area contributed by atoms with E-state index in [-0.39, 0.29) is 29.3 Å². The molecule has 13 heteroatoms. The first-order valence-electron chi connectivity index (χ1n) is 8.76. The number of hydrogen-bond donors (Lipinski definition) is 3. The molecule has 3 amide bonds. The van der Waals surface area contributed by atoms with Gasteiger partial charge in [-0.25, -0.2) is 9.79 Å². The van der Waals surface area contributed by atoms with E-state index >= 15 is 0 Å². The number of carbonyl (C=O) groups excluding carboxylic acids is 2. The molecule has 2 aliphatic rings. The molecule has 29 heavy (non-hydrogen) atoms. The Morgan fingerprint density at radius 3 is 2.55 bits per heavy atom. The fourth-order valence-electron chi connectivity index (χ4n) is 2.50. The van der Waals surface area contributed by atoms with Crippen LogP contribution in [0.15, 0.2) is 4.99 Å². The van der Waals surface area contributed by atoms with Crippen molar-refractivity contribution in [3.8, 4) is 6.07 Å². The lowest BCUT2D eigenvalue weighted by atomic mass is 10.1. The molecule has 0 spiro atoms. The first-order valence-corrected chi connectivity index (χ1v) is 9.14. The van der Waals surface area contributed by atoms with Crippen LogP contribution in [0.1, 0.15) is 20.8 Å². The number of imide groups is 1. The smallest absolute Gasteiger partial charge is 0.328 e. The summed E-state index contributed by atoms with van der Waals surface area (Å²) < 4.78 is 0. The van der Waals surface area contributed by atoms with Crippen molar-refractivity contribution >= 4 is 41.8 Å². The van der Waals surface area contributed by atoms with Crippen molar-refractivity contribution in [3.63, 3.8) is 0 Å². The maximum absolute atomic E-state index is 11.5. The largest absolute Gasteiger partial charge is 0.362 e. The molecule has 2 aliphatic heterocycles. The summed E-state index contributed by atoms with van der Waals surface area (Å²) in [6.07, 6.45) is 1.09. The van der Waals surface area contributed by atoms with E-state index in [1.54, 1.807) is 20.9 Å². The molecule has 0 aliphatic carbocycles. The Hall–Kier alpha value is -3.20. The van der Waals surface area contributed by atoms with E-state index in [0.29, 0.717) is 12.5 Å². The Labute approximate surface area is 173 Å². The second-order valence-electron chi connectivity index (χ2n) is 6.77. The molecule has 1 aromatic rings. The molecule has 3 N–H and O–H groups in total. The van der Waals surface area contributed by atoms with Crippen molar-refractivity contribution in [2.75, 3.05) is 31.3 Å². The number of urea groups is 1. The molecular weight excluding hydrogens is 400 g/mol. The Morgan fingerprint density at radius 1 is 1.28 bits per heavy atom. The number of halogens is 1. The molecule has 1 saturated heterocycles. The highest BCUT2D eigenvalue weighted by molar-refractivity contribution is 6.28. The highest BCUT2D eigenvalue weighted by Crippen LogP contribution is 2.18. The van der Waals surface area contributed by atoms with E-state index in [4.69, 9.17) is 16.9 Å². The molecule has 3 heterocycles. The predicted octanol–water partition coefficient (Wildman–Crippen LogP) is 0.507. The van der Waals surface area contributed by atoms with Crippen molar-refractivity contribution in [1.29, 1.82) is 5.26 Å². The molecule has 1 fully saturated rings. The Morgan fingerprint density at radius 2 is 1.93 bits per heavy atom. The molecule has 12 nitrogen and oxygen atoms in total. The summed E-state index contributed by atoms with van der Waals surface area (Å²) in [6, 6.07) is 1.36. The quantitative estimate of drug-likeness (QED) is 0.629. The molecule has 0 saturated carbocycles. The van der Waals surface area contributed by atoms with Gasteiger partial charge in [0.25, 0.3) is 5.91 Å². The molecule has 1 aromatic heterocycles. The maximum Gasteiger partial charge on any atom is 0.328 e. The summed E-state index contributed by atoms with van der Waals surface area (Å²) in [7, 11) is 3.10. The van der Waals surface area contributed by atoms with Gasteiger partial charge < -0.3 is 20.9 Å². The average Bonchev–Trinajstić information content (AvgIpc) is 3.15. The van der Waals surface area contributed by atoms with Crippen LogP contribution in [0.3, 0.4) is 0 Å². The second kappa shape index (κ2) is 8.87. The summed E-state index contributed by atoms with van der Waals surface area (Å²) in [5.74, 6) is 0.437. The van der Waals surface area contributed by atoms with Gasteiger partial charge in [0.05, 0.1) is 12.4 Å². The highest BCUT2D eigenvalue weighted by atomic mass is 35.5. The number of rotatable bonds is 4. The van der Waals surface area contributed by atoms with Gasteiger partial charge in [-0.1, -0.05) is 0 Å². The van der Waals surface area contributed by atoms with Crippen molar-refractivity contribution in [3.05, 3.63) is 5.28 Å². The standard InChI is InChI=1S/C9H13ClN6.C7H10N4O2/c1-4-12-7-13-6(10)14-8(15-7)16-9(2,3)5-11;1-10-5-4(8-3-9-5)6(12)11(2)7(10)13/h4H2,1-3H3,(H2,12,13,14,15,16);3-5H,1-2H3,(H,8,9). The number of aliphatic imine (C=N–C) groups is 1. The minimum Gasteiger partial charge on any atom is -0.362 e. The van der Waals surface area contributed by atoms with E-state index in [1.807, 2.05) is 6.92 Å². The fraction of sp³-hybridized carbons (Fsp3) is 0.562. The fourth-order valence-corrected chi connectivity index (χ4v) is 2.66. The van der Waals surface area contributed by atoms with Gasteiger partial charge in [0.15, 0.2) is 6.17 Å². The van der Waals surface area contributed by atoms with Gasteiger partial charge in [0, 0.05) is 20.6 Å². The van der Waals surface area contributed by atoms with Crippen LogP contribution in [-0.2, 0) is 4.79 Å². The number of carbonyl (C=O) groups is 2. The maximum atomic E-state index is 11.5. The van der Waals surface area contributed by atoms with Crippen molar-refractivity contribution in [2.24, 2.45) is 4.99 Å². The summed E-state index contributed by atoms with van der Waals surface area (Å²) in [5, 5.41) is 17.5. The Balaban J connectivity index is 0.000000211. The summed E-state index contributed by atoms with van der Waals surface area (Å²) in [5.41, 5.74) is -0.756. The van der Waals surface area contributed by atoms with Crippen LogP contribution < -0.4 is 16.0 Å². The summed E-state index contributed by atoms with van der Waals surface area (Å²) >= 11 is 5.73. The first-order chi connectivity index (χ1) is 13.6. The van der Waals surface area contributed by atoms with E-state index in [9.17, 15) is 9.59 Å². The lowest BCUT2D eigenvalue weighted by Crippen LogP contribution is -2.62. The molecule has 3 rings (SSSR count). The number of amides is 3. The van der Waals surface area contributed by atoms with Crippen LogP contribution >= 0.6 is 11.6 Å².